The summed E-state index contributed by atoms with van der Waals surface area (Å²) in [5.41, 5.74) is 3.45. The lowest BCUT2D eigenvalue weighted by molar-refractivity contribution is 0.0306. The average Bonchev–Trinajstić information content (AvgIpc) is 2.93. The zero-order valence-corrected chi connectivity index (χ0v) is 22.8. The van der Waals surface area contributed by atoms with Crippen molar-refractivity contribution in [1.82, 2.24) is 9.80 Å². The quantitative estimate of drug-likeness (QED) is 0.319. The number of amides is 1. The van der Waals surface area contributed by atoms with Gasteiger partial charge < -0.3 is 9.64 Å². The smallest absolute Gasteiger partial charge is 0.258 e. The molecule has 4 rings (SSSR count). The highest BCUT2D eigenvalue weighted by Crippen LogP contribution is 2.35. The number of rotatable bonds is 9. The summed E-state index contributed by atoms with van der Waals surface area (Å²) < 4.78 is 19.1. The van der Waals surface area contributed by atoms with Gasteiger partial charge in [-0.25, -0.2) is 4.39 Å². The van der Waals surface area contributed by atoms with E-state index in [9.17, 15) is 9.18 Å². The van der Waals surface area contributed by atoms with Crippen LogP contribution in [0.5, 0.6) is 5.75 Å². The fraction of sp³-hybridized carbons (Fsp3) is 0.344. The largest absolute Gasteiger partial charge is 0.497 e. The maximum Gasteiger partial charge on any atom is 0.258 e. The minimum atomic E-state index is -0.322. The zero-order valence-electron chi connectivity index (χ0n) is 22.8. The van der Waals surface area contributed by atoms with Gasteiger partial charge in [0.05, 0.1) is 13.2 Å². The Labute approximate surface area is 226 Å². The molecule has 5 nitrogen and oxygen atoms in total. The topological polar surface area (TPSA) is 36.0 Å². The Kier molecular flexibility index (Phi) is 8.97. The van der Waals surface area contributed by atoms with Crippen molar-refractivity contribution < 1.29 is 13.9 Å². The van der Waals surface area contributed by atoms with Crippen LogP contribution in [0.15, 0.2) is 85.5 Å². The van der Waals surface area contributed by atoms with Gasteiger partial charge in [-0.3, -0.25) is 14.6 Å². The number of halogens is 1. The zero-order chi connectivity index (χ0) is 27.2. The van der Waals surface area contributed by atoms with Crippen LogP contribution in [0, 0.1) is 5.82 Å². The van der Waals surface area contributed by atoms with Crippen molar-refractivity contribution in [3.63, 3.8) is 0 Å². The lowest BCUT2D eigenvalue weighted by Crippen LogP contribution is -2.57. The second kappa shape index (κ2) is 12.4. The number of methoxy groups -OCH3 is 1. The lowest BCUT2D eigenvalue weighted by Gasteiger charge is -2.47. The van der Waals surface area contributed by atoms with Crippen molar-refractivity contribution in [3.8, 4) is 5.75 Å². The van der Waals surface area contributed by atoms with Gasteiger partial charge >= 0.3 is 0 Å². The van der Waals surface area contributed by atoms with Crippen LogP contribution < -0.4 is 9.64 Å². The molecule has 3 atom stereocenters. The van der Waals surface area contributed by atoms with Gasteiger partial charge in [0, 0.05) is 49.5 Å². The molecule has 1 fully saturated rings. The van der Waals surface area contributed by atoms with Crippen LogP contribution in [-0.2, 0) is 0 Å². The van der Waals surface area contributed by atoms with Crippen molar-refractivity contribution in [2.45, 2.75) is 38.9 Å². The Hall–Kier alpha value is -3.48. The predicted octanol–water partition coefficient (Wildman–Crippen LogP) is 6.17. The number of carbonyl (C=O) groups is 1. The molecule has 0 unspecified atom stereocenters. The molecular weight excluding hydrogens is 477 g/mol. The highest BCUT2D eigenvalue weighted by atomic mass is 19.1. The number of hydrogen-bond donors (Lipinski definition) is 0. The SMILES string of the molecule is C=CCN1C[C@H](C)N([C@@H](c2cccc(OC)c2)c2cccc(C(=O)N(CC)c3ccc(F)cc3)c2)C[C@H]1C. The minimum Gasteiger partial charge on any atom is -0.497 e. The monoisotopic (exact) mass is 515 g/mol. The molecule has 1 saturated heterocycles. The number of piperazine rings is 1. The second-order valence-electron chi connectivity index (χ2n) is 9.97. The van der Waals surface area contributed by atoms with Gasteiger partial charge in [0.25, 0.3) is 5.91 Å². The molecule has 3 aromatic carbocycles. The predicted molar refractivity (Wildman–Crippen MR) is 152 cm³/mol. The summed E-state index contributed by atoms with van der Waals surface area (Å²) in [4.78, 5) is 20.3. The van der Waals surface area contributed by atoms with Crippen LogP contribution in [-0.4, -0.2) is 61.1 Å². The van der Waals surface area contributed by atoms with Crippen LogP contribution in [0.1, 0.15) is 48.3 Å². The van der Waals surface area contributed by atoms with E-state index in [4.69, 9.17) is 4.74 Å². The van der Waals surface area contributed by atoms with Gasteiger partial charge in [-0.1, -0.05) is 30.3 Å². The third-order valence-corrected chi connectivity index (χ3v) is 7.42. The normalized spacial score (nSPS) is 19.1. The summed E-state index contributed by atoms with van der Waals surface area (Å²) in [5.74, 6) is 0.374. The van der Waals surface area contributed by atoms with Crippen LogP contribution in [0.25, 0.3) is 0 Å². The standard InChI is InChI=1S/C32H38FN3O2/c1-6-18-34-21-24(4)36(22-23(34)3)31(26-11-9-13-30(20-26)38-5)25-10-8-12-27(19-25)32(37)35(7-2)29-16-14-28(33)15-17-29/h6,8-17,19-20,23-24,31H,1,7,18,21-22H2,2-5H3/t23-,24+,31-/m1/s1. The molecule has 0 aromatic heterocycles. The van der Waals surface area contributed by atoms with E-state index in [0.717, 1.165) is 36.5 Å². The number of nitrogens with zero attached hydrogens (tertiary/aromatic N) is 3. The molecule has 0 bridgehead atoms. The molecule has 1 aliphatic rings. The first-order valence-electron chi connectivity index (χ1n) is 13.3. The first kappa shape index (κ1) is 27.6. The maximum absolute atomic E-state index is 13.7. The molecule has 1 amide bonds. The van der Waals surface area contributed by atoms with Crippen molar-refractivity contribution >= 4 is 11.6 Å². The average molecular weight is 516 g/mol. The molecule has 1 aliphatic heterocycles. The molecular formula is C32H38FN3O2. The van der Waals surface area contributed by atoms with Crippen molar-refractivity contribution in [1.29, 1.82) is 0 Å². The van der Waals surface area contributed by atoms with Crippen LogP contribution in [0.4, 0.5) is 10.1 Å². The van der Waals surface area contributed by atoms with E-state index in [-0.39, 0.29) is 23.8 Å². The molecule has 38 heavy (non-hydrogen) atoms. The summed E-state index contributed by atoms with van der Waals surface area (Å²) in [5, 5.41) is 0. The molecule has 6 heteroatoms. The number of benzene rings is 3. The fourth-order valence-corrected chi connectivity index (χ4v) is 5.45. The maximum atomic E-state index is 13.7. The first-order chi connectivity index (χ1) is 18.4. The van der Waals surface area contributed by atoms with Crippen LogP contribution >= 0.6 is 0 Å². The summed E-state index contributed by atoms with van der Waals surface area (Å²) in [7, 11) is 1.68. The van der Waals surface area contributed by atoms with Crippen LogP contribution in [0.3, 0.4) is 0 Å². The Bertz CT molecular complexity index is 1250. The Morgan fingerprint density at radius 2 is 1.74 bits per heavy atom. The van der Waals surface area contributed by atoms with Gasteiger partial charge in [-0.2, -0.15) is 0 Å². The Morgan fingerprint density at radius 1 is 1.05 bits per heavy atom. The van der Waals surface area contributed by atoms with Gasteiger partial charge in [-0.15, -0.1) is 6.58 Å². The molecule has 200 valence electrons. The first-order valence-corrected chi connectivity index (χ1v) is 13.3. The number of carbonyl (C=O) groups excluding carboxylic acids is 1. The molecule has 0 aliphatic carbocycles. The third kappa shape index (κ3) is 5.98. The van der Waals surface area contributed by atoms with Gasteiger partial charge in [-0.05, 0) is 80.4 Å². The molecule has 0 spiro atoms. The van der Waals surface area contributed by atoms with Gasteiger partial charge in [0.1, 0.15) is 11.6 Å². The van der Waals surface area contributed by atoms with Crippen molar-refractivity contribution in [3.05, 3.63) is 108 Å². The minimum absolute atomic E-state index is 0.0536. The Balaban J connectivity index is 1.73. The molecule has 0 saturated carbocycles. The molecule has 3 aromatic rings. The van der Waals surface area contributed by atoms with E-state index in [1.54, 1.807) is 24.1 Å². The molecule has 0 radical (unpaired) electrons. The second-order valence-corrected chi connectivity index (χ2v) is 9.97. The molecule has 0 N–H and O–H groups in total. The van der Waals surface area contributed by atoms with E-state index in [2.05, 4.69) is 48.4 Å². The Morgan fingerprint density at radius 3 is 2.39 bits per heavy atom. The number of hydrogen-bond acceptors (Lipinski definition) is 4. The van der Waals surface area contributed by atoms with Crippen molar-refractivity contribution in [2.24, 2.45) is 0 Å². The van der Waals surface area contributed by atoms with E-state index in [0.29, 0.717) is 23.8 Å². The fourth-order valence-electron chi connectivity index (χ4n) is 5.45. The summed E-state index contributed by atoms with van der Waals surface area (Å²) in [6, 6.07) is 22.8. The highest BCUT2D eigenvalue weighted by Gasteiger charge is 2.35. The van der Waals surface area contributed by atoms with E-state index >= 15 is 0 Å². The number of ether oxygens (including phenoxy) is 1. The summed E-state index contributed by atoms with van der Waals surface area (Å²) in [6.45, 7) is 13.5. The third-order valence-electron chi connectivity index (χ3n) is 7.42. The van der Waals surface area contributed by atoms with E-state index in [1.807, 2.05) is 43.3 Å². The van der Waals surface area contributed by atoms with Crippen molar-refractivity contribution in [2.75, 3.05) is 38.2 Å². The van der Waals surface area contributed by atoms with Gasteiger partial charge in [0.15, 0.2) is 0 Å². The van der Waals surface area contributed by atoms with Crippen LogP contribution in [0.2, 0.25) is 0 Å². The highest BCUT2D eigenvalue weighted by molar-refractivity contribution is 6.06. The lowest BCUT2D eigenvalue weighted by atomic mass is 9.92. The number of anilines is 1. The summed E-state index contributed by atoms with van der Waals surface area (Å²) in [6.07, 6.45) is 1.97. The summed E-state index contributed by atoms with van der Waals surface area (Å²) >= 11 is 0. The molecule has 1 heterocycles. The van der Waals surface area contributed by atoms with E-state index < -0.39 is 0 Å². The van der Waals surface area contributed by atoms with E-state index in [1.165, 1.54) is 12.1 Å². The van der Waals surface area contributed by atoms with Gasteiger partial charge in [0.2, 0.25) is 0 Å².